The van der Waals surface area contributed by atoms with Crippen LogP contribution in [0.15, 0.2) is 17.2 Å². The van der Waals surface area contributed by atoms with Gasteiger partial charge in [0.05, 0.1) is 27.9 Å². The third-order valence-electron chi connectivity index (χ3n) is 1.58. The number of nitrogens with two attached hydrogens (primary N) is 1. The van der Waals surface area contributed by atoms with Gasteiger partial charge in [-0.2, -0.15) is 10.4 Å². The van der Waals surface area contributed by atoms with Gasteiger partial charge in [0, 0.05) is 5.56 Å². The lowest BCUT2D eigenvalue weighted by molar-refractivity contribution is 1.04. The van der Waals surface area contributed by atoms with Crippen molar-refractivity contribution in [3.63, 3.8) is 0 Å². The van der Waals surface area contributed by atoms with Gasteiger partial charge in [-0.05, 0) is 24.4 Å². The zero-order chi connectivity index (χ0) is 12.1. The van der Waals surface area contributed by atoms with E-state index in [1.165, 1.54) is 18.3 Å². The summed E-state index contributed by atoms with van der Waals surface area (Å²) in [5.74, 6) is 0. The van der Waals surface area contributed by atoms with Gasteiger partial charge in [-0.1, -0.05) is 23.2 Å². The van der Waals surface area contributed by atoms with E-state index in [0.29, 0.717) is 21.2 Å². The third-order valence-corrected chi connectivity index (χ3v) is 2.29. The monoisotopic (exact) mass is 272 g/mol. The topological polar surface area (TPSA) is 74.2 Å². The van der Waals surface area contributed by atoms with Crippen LogP contribution < -0.4 is 11.2 Å². The van der Waals surface area contributed by atoms with Gasteiger partial charge < -0.3 is 5.73 Å². The van der Waals surface area contributed by atoms with E-state index in [1.54, 1.807) is 0 Å². The quantitative estimate of drug-likeness (QED) is 0.491. The molecular weight excluding hydrogens is 267 g/mol. The molecule has 0 unspecified atom stereocenters. The predicted octanol–water partition coefficient (Wildman–Crippen LogP) is 2.03. The predicted molar refractivity (Wildman–Crippen MR) is 68.7 cm³/mol. The number of thiocarbonyl (C=S) groups is 1. The molecule has 0 spiro atoms. The number of hydrogen-bond acceptors (Lipinski definition) is 3. The molecule has 0 aliphatic heterocycles. The van der Waals surface area contributed by atoms with Gasteiger partial charge in [0.2, 0.25) is 0 Å². The summed E-state index contributed by atoms with van der Waals surface area (Å²) in [6, 6.07) is 4.93. The number of hydrogen-bond donors (Lipinski definition) is 2. The molecule has 0 atom stereocenters. The van der Waals surface area contributed by atoms with Crippen LogP contribution >= 0.6 is 35.4 Å². The van der Waals surface area contributed by atoms with Gasteiger partial charge >= 0.3 is 0 Å². The van der Waals surface area contributed by atoms with Crippen LogP contribution in [0.3, 0.4) is 0 Å². The largest absolute Gasteiger partial charge is 0.375 e. The van der Waals surface area contributed by atoms with Crippen molar-refractivity contribution < 1.29 is 0 Å². The molecule has 1 rings (SSSR count). The molecule has 0 fully saturated rings. The molecule has 3 N–H and O–H groups in total. The van der Waals surface area contributed by atoms with Crippen molar-refractivity contribution in [1.82, 2.24) is 5.43 Å². The molecule has 0 radical (unpaired) electrons. The van der Waals surface area contributed by atoms with Crippen molar-refractivity contribution in [2.24, 2.45) is 10.8 Å². The summed E-state index contributed by atoms with van der Waals surface area (Å²) in [7, 11) is 0. The Morgan fingerprint density at radius 2 is 2.06 bits per heavy atom. The molecule has 0 heterocycles. The van der Waals surface area contributed by atoms with Gasteiger partial charge in [0.25, 0.3) is 0 Å². The number of hydrazone groups is 1. The lowest BCUT2D eigenvalue weighted by Gasteiger charge is -2.02. The van der Waals surface area contributed by atoms with Gasteiger partial charge in [-0.15, -0.1) is 0 Å². The fourth-order valence-electron chi connectivity index (χ4n) is 0.933. The van der Waals surface area contributed by atoms with Crippen LogP contribution in [0, 0.1) is 11.3 Å². The second-order valence-corrected chi connectivity index (χ2v) is 3.95. The third kappa shape index (κ3) is 3.35. The van der Waals surface area contributed by atoms with Crippen molar-refractivity contribution in [3.8, 4) is 6.07 Å². The van der Waals surface area contributed by atoms with Crippen molar-refractivity contribution in [2.45, 2.75) is 0 Å². The van der Waals surface area contributed by atoms with Crippen molar-refractivity contribution >= 4 is 46.7 Å². The summed E-state index contributed by atoms with van der Waals surface area (Å²) >= 11 is 16.4. The number of rotatable bonds is 2. The lowest BCUT2D eigenvalue weighted by atomic mass is 10.1. The van der Waals surface area contributed by atoms with E-state index in [9.17, 15) is 0 Å². The van der Waals surface area contributed by atoms with E-state index in [-0.39, 0.29) is 5.11 Å². The average Bonchev–Trinajstić information content (AvgIpc) is 2.21. The van der Waals surface area contributed by atoms with E-state index >= 15 is 0 Å². The molecule has 0 aromatic heterocycles. The lowest BCUT2D eigenvalue weighted by Crippen LogP contribution is -2.24. The van der Waals surface area contributed by atoms with Crippen LogP contribution in [0.2, 0.25) is 10.0 Å². The molecule has 16 heavy (non-hydrogen) atoms. The highest BCUT2D eigenvalue weighted by Gasteiger charge is 2.05. The molecule has 4 nitrogen and oxygen atoms in total. The maximum Gasteiger partial charge on any atom is 0.184 e. The second-order valence-electron chi connectivity index (χ2n) is 2.70. The van der Waals surface area contributed by atoms with Gasteiger partial charge in [-0.3, -0.25) is 5.43 Å². The first-order valence-corrected chi connectivity index (χ1v) is 5.18. The fourth-order valence-corrected chi connectivity index (χ4v) is 1.57. The highest BCUT2D eigenvalue weighted by Crippen LogP contribution is 2.24. The SMILES string of the molecule is N#Cc1cc(Cl)c(C=NNC(N)=S)c(Cl)c1. The Kier molecular flexibility index (Phi) is 4.50. The Bertz CT molecular complexity index is 470. The zero-order valence-corrected chi connectivity index (χ0v) is 10.2. The Balaban J connectivity index is 3.02. The Morgan fingerprint density at radius 1 is 1.50 bits per heavy atom. The summed E-state index contributed by atoms with van der Waals surface area (Å²) in [4.78, 5) is 0. The van der Waals surface area contributed by atoms with Gasteiger partial charge in [0.1, 0.15) is 0 Å². The fraction of sp³-hybridized carbons (Fsp3) is 0. The molecule has 7 heteroatoms. The van der Waals surface area contributed by atoms with Crippen LogP contribution in [-0.4, -0.2) is 11.3 Å². The van der Waals surface area contributed by atoms with Gasteiger partial charge in [-0.25, -0.2) is 0 Å². The maximum atomic E-state index is 8.68. The molecule has 1 aromatic carbocycles. The van der Waals surface area contributed by atoms with E-state index in [4.69, 9.17) is 34.2 Å². The molecule has 0 aliphatic rings. The smallest absolute Gasteiger partial charge is 0.184 e. The number of halogens is 2. The number of nitrogens with zero attached hydrogens (tertiary/aromatic N) is 2. The van der Waals surface area contributed by atoms with Crippen LogP contribution in [-0.2, 0) is 0 Å². The molecule has 0 saturated carbocycles. The van der Waals surface area contributed by atoms with E-state index in [0.717, 1.165) is 0 Å². The normalized spacial score (nSPS) is 10.1. The molecule has 82 valence electrons. The Hall–Kier alpha value is -1.35. The first-order chi connectivity index (χ1) is 7.54. The van der Waals surface area contributed by atoms with E-state index < -0.39 is 0 Å². The van der Waals surface area contributed by atoms with Crippen molar-refractivity contribution in [2.75, 3.05) is 0 Å². The average molecular weight is 273 g/mol. The second kappa shape index (κ2) is 5.66. The minimum atomic E-state index is 0.0390. The van der Waals surface area contributed by atoms with Crippen LogP contribution in [0.4, 0.5) is 0 Å². The standard InChI is InChI=1S/C9H6Cl2N4S/c10-7-1-5(3-12)2-8(11)6(7)4-14-15-9(13)16/h1-2,4H,(H3,13,15,16). The highest BCUT2D eigenvalue weighted by atomic mass is 35.5. The van der Waals surface area contributed by atoms with Gasteiger partial charge in [0.15, 0.2) is 5.11 Å². The minimum Gasteiger partial charge on any atom is -0.375 e. The summed E-state index contributed by atoms with van der Waals surface area (Å²) in [5, 5.41) is 13.1. The first kappa shape index (κ1) is 12.7. The van der Waals surface area contributed by atoms with E-state index in [1.807, 2.05) is 6.07 Å². The molecule has 0 aliphatic carbocycles. The first-order valence-electron chi connectivity index (χ1n) is 4.02. The molecule has 0 amide bonds. The van der Waals surface area contributed by atoms with E-state index in [2.05, 4.69) is 22.7 Å². The summed E-state index contributed by atoms with van der Waals surface area (Å²) < 4.78 is 0. The van der Waals surface area contributed by atoms with Crippen molar-refractivity contribution in [1.29, 1.82) is 5.26 Å². The van der Waals surface area contributed by atoms with Crippen LogP contribution in [0.1, 0.15) is 11.1 Å². The highest BCUT2D eigenvalue weighted by molar-refractivity contribution is 7.80. The van der Waals surface area contributed by atoms with Crippen LogP contribution in [0.5, 0.6) is 0 Å². The number of nitriles is 1. The number of benzene rings is 1. The number of nitrogens with one attached hydrogen (secondary N) is 1. The molecule has 1 aromatic rings. The maximum absolute atomic E-state index is 8.68. The minimum absolute atomic E-state index is 0.0390. The summed E-state index contributed by atoms with van der Waals surface area (Å²) in [6.07, 6.45) is 1.38. The Morgan fingerprint density at radius 3 is 2.50 bits per heavy atom. The molecule has 0 saturated heterocycles. The molecule has 0 bridgehead atoms. The summed E-state index contributed by atoms with van der Waals surface area (Å²) in [5.41, 5.74) is 8.42. The van der Waals surface area contributed by atoms with Crippen LogP contribution in [0.25, 0.3) is 0 Å². The zero-order valence-electron chi connectivity index (χ0n) is 7.87. The Labute approximate surface area is 108 Å². The summed E-state index contributed by atoms with van der Waals surface area (Å²) in [6.45, 7) is 0. The molecular formula is C9H6Cl2N4S. The van der Waals surface area contributed by atoms with Crippen molar-refractivity contribution in [3.05, 3.63) is 33.3 Å².